The Morgan fingerprint density at radius 1 is 1.00 bits per heavy atom. The molecular weight excluding hydrogens is 490 g/mol. The van der Waals surface area contributed by atoms with Crippen LogP contribution in [0.4, 0.5) is 0 Å². The van der Waals surface area contributed by atoms with Gasteiger partial charge in [0.2, 0.25) is 5.91 Å². The zero-order valence-electron chi connectivity index (χ0n) is 18.2. The Morgan fingerprint density at radius 3 is 2.22 bits per heavy atom. The molecule has 0 aromatic heterocycles. The average Bonchev–Trinajstić information content (AvgIpc) is 2.67. The van der Waals surface area contributed by atoms with Crippen molar-refractivity contribution in [1.29, 1.82) is 0 Å². The second kappa shape index (κ2) is 11.9. The van der Waals surface area contributed by atoms with Crippen molar-refractivity contribution < 1.29 is 42.9 Å². The van der Waals surface area contributed by atoms with Gasteiger partial charge in [-0.3, -0.25) is 19.2 Å². The highest BCUT2D eigenvalue weighted by Gasteiger charge is 2.51. The second-order valence-electron chi connectivity index (χ2n) is 7.16. The first-order valence-electron chi connectivity index (χ1n) is 9.83. The SMILES string of the molecule is CC(=O)N[C@@H]1[C@@H](OCc2cccc(Br)c2)O[C@@H](COC(C)=O)[C@@H](OC(C)=O)[C@@H]1OC(C)=O. The van der Waals surface area contributed by atoms with Crippen LogP contribution in [0.3, 0.4) is 0 Å². The molecule has 0 aliphatic carbocycles. The lowest BCUT2D eigenvalue weighted by Crippen LogP contribution is -2.66. The molecule has 1 amide bonds. The Morgan fingerprint density at radius 2 is 1.66 bits per heavy atom. The minimum atomic E-state index is -1.15. The summed E-state index contributed by atoms with van der Waals surface area (Å²) in [5, 5.41) is 2.65. The van der Waals surface area contributed by atoms with Crippen molar-refractivity contribution in [2.75, 3.05) is 6.61 Å². The first kappa shape index (κ1) is 25.8. The van der Waals surface area contributed by atoms with Crippen molar-refractivity contribution in [1.82, 2.24) is 5.32 Å². The Kier molecular flexibility index (Phi) is 9.60. The zero-order chi connectivity index (χ0) is 23.8. The van der Waals surface area contributed by atoms with Crippen LogP contribution >= 0.6 is 15.9 Å². The molecule has 5 atom stereocenters. The first-order valence-corrected chi connectivity index (χ1v) is 10.6. The minimum Gasteiger partial charge on any atom is -0.463 e. The van der Waals surface area contributed by atoms with Crippen LogP contribution in [-0.4, -0.2) is 61.1 Å². The van der Waals surface area contributed by atoms with E-state index >= 15 is 0 Å². The van der Waals surface area contributed by atoms with Gasteiger partial charge in [-0.2, -0.15) is 0 Å². The number of esters is 3. The van der Waals surface area contributed by atoms with E-state index in [4.69, 9.17) is 23.7 Å². The third kappa shape index (κ3) is 7.88. The summed E-state index contributed by atoms with van der Waals surface area (Å²) in [6.07, 6.45) is -4.42. The Hall–Kier alpha value is -2.50. The molecule has 1 aromatic rings. The highest BCUT2D eigenvalue weighted by molar-refractivity contribution is 9.10. The average molecular weight is 516 g/mol. The van der Waals surface area contributed by atoms with Gasteiger partial charge in [0.05, 0.1) is 6.61 Å². The summed E-state index contributed by atoms with van der Waals surface area (Å²) in [7, 11) is 0. The molecule has 1 fully saturated rings. The summed E-state index contributed by atoms with van der Waals surface area (Å²) < 4.78 is 28.5. The third-order valence-electron chi connectivity index (χ3n) is 4.37. The van der Waals surface area contributed by atoms with Gasteiger partial charge in [0, 0.05) is 32.2 Å². The lowest BCUT2D eigenvalue weighted by Gasteiger charge is -2.44. The Balaban J connectivity index is 2.36. The first-order chi connectivity index (χ1) is 15.1. The molecular formula is C21H26BrNO9. The monoisotopic (exact) mass is 515 g/mol. The van der Waals surface area contributed by atoms with Gasteiger partial charge in [0.15, 0.2) is 18.5 Å². The van der Waals surface area contributed by atoms with E-state index in [0.717, 1.165) is 10.0 Å². The van der Waals surface area contributed by atoms with E-state index in [-0.39, 0.29) is 13.2 Å². The molecule has 176 valence electrons. The molecule has 0 unspecified atom stereocenters. The van der Waals surface area contributed by atoms with E-state index in [1.807, 2.05) is 24.3 Å². The standard InChI is InChI=1S/C21H26BrNO9/c1-11(24)23-18-20(31-14(4)27)19(30-13(3)26)17(10-28-12(2)25)32-21(18)29-9-15-6-5-7-16(22)8-15/h5-8,17-21H,9-10H2,1-4H3,(H,23,24)/t17-,18-,19+,20+,21-/m0/s1. The smallest absolute Gasteiger partial charge is 0.303 e. The topological polar surface area (TPSA) is 126 Å². The van der Waals surface area contributed by atoms with Gasteiger partial charge in [0.1, 0.15) is 18.8 Å². The minimum absolute atomic E-state index is 0.103. The number of hydrogen-bond acceptors (Lipinski definition) is 9. The quantitative estimate of drug-likeness (QED) is 0.405. The Labute approximate surface area is 194 Å². The molecule has 0 saturated carbocycles. The molecule has 0 bridgehead atoms. The van der Waals surface area contributed by atoms with Crippen molar-refractivity contribution >= 4 is 39.7 Å². The summed E-state index contributed by atoms with van der Waals surface area (Å²) in [5.41, 5.74) is 0.812. The summed E-state index contributed by atoms with van der Waals surface area (Å²) in [6.45, 7) is 4.68. The van der Waals surface area contributed by atoms with E-state index < -0.39 is 54.5 Å². The molecule has 1 aliphatic rings. The van der Waals surface area contributed by atoms with E-state index in [1.165, 1.54) is 27.7 Å². The Bertz CT molecular complexity index is 846. The zero-order valence-corrected chi connectivity index (χ0v) is 19.7. The molecule has 0 spiro atoms. The molecule has 1 aromatic carbocycles. The maximum Gasteiger partial charge on any atom is 0.303 e. The fraction of sp³-hybridized carbons (Fsp3) is 0.524. The maximum absolute atomic E-state index is 11.9. The number of nitrogens with one attached hydrogen (secondary N) is 1. The molecule has 1 heterocycles. The van der Waals surface area contributed by atoms with Crippen LogP contribution in [0.25, 0.3) is 0 Å². The molecule has 1 saturated heterocycles. The molecule has 0 radical (unpaired) electrons. The van der Waals surface area contributed by atoms with Gasteiger partial charge >= 0.3 is 17.9 Å². The van der Waals surface area contributed by atoms with Crippen LogP contribution < -0.4 is 5.32 Å². The number of amides is 1. The fourth-order valence-electron chi connectivity index (χ4n) is 3.24. The lowest BCUT2D eigenvalue weighted by atomic mass is 9.96. The van der Waals surface area contributed by atoms with Gasteiger partial charge in [-0.15, -0.1) is 0 Å². The van der Waals surface area contributed by atoms with Crippen LogP contribution in [0, 0.1) is 0 Å². The van der Waals surface area contributed by atoms with Crippen LogP contribution in [0.1, 0.15) is 33.3 Å². The fourth-order valence-corrected chi connectivity index (χ4v) is 3.68. The normalized spacial score (nSPS) is 24.8. The molecule has 10 nitrogen and oxygen atoms in total. The van der Waals surface area contributed by atoms with Gasteiger partial charge in [0.25, 0.3) is 0 Å². The van der Waals surface area contributed by atoms with E-state index in [0.29, 0.717) is 0 Å². The van der Waals surface area contributed by atoms with E-state index in [2.05, 4.69) is 21.2 Å². The van der Waals surface area contributed by atoms with Crippen molar-refractivity contribution in [2.24, 2.45) is 0 Å². The summed E-state index contributed by atoms with van der Waals surface area (Å²) in [4.78, 5) is 46.8. The highest BCUT2D eigenvalue weighted by Crippen LogP contribution is 2.28. The van der Waals surface area contributed by atoms with Crippen LogP contribution in [-0.2, 0) is 49.5 Å². The largest absolute Gasteiger partial charge is 0.463 e. The van der Waals surface area contributed by atoms with E-state index in [9.17, 15) is 19.2 Å². The van der Waals surface area contributed by atoms with Crippen molar-refractivity contribution in [2.45, 2.75) is 64.9 Å². The molecule has 11 heteroatoms. The van der Waals surface area contributed by atoms with Gasteiger partial charge in [-0.1, -0.05) is 28.1 Å². The number of benzene rings is 1. The predicted molar refractivity (Wildman–Crippen MR) is 113 cm³/mol. The highest BCUT2D eigenvalue weighted by atomic mass is 79.9. The van der Waals surface area contributed by atoms with Crippen molar-refractivity contribution in [3.63, 3.8) is 0 Å². The molecule has 32 heavy (non-hydrogen) atoms. The number of carbonyl (C=O) groups is 4. The van der Waals surface area contributed by atoms with Crippen LogP contribution in [0.2, 0.25) is 0 Å². The third-order valence-corrected chi connectivity index (χ3v) is 4.87. The van der Waals surface area contributed by atoms with Gasteiger partial charge in [-0.05, 0) is 17.7 Å². The maximum atomic E-state index is 11.9. The van der Waals surface area contributed by atoms with Crippen molar-refractivity contribution in [3.05, 3.63) is 34.3 Å². The molecule has 1 N–H and O–H groups in total. The summed E-state index contributed by atoms with van der Waals surface area (Å²) >= 11 is 3.39. The number of hydrogen-bond donors (Lipinski definition) is 1. The van der Waals surface area contributed by atoms with Crippen LogP contribution in [0.15, 0.2) is 28.7 Å². The van der Waals surface area contributed by atoms with Crippen LogP contribution in [0.5, 0.6) is 0 Å². The number of carbonyl (C=O) groups excluding carboxylic acids is 4. The predicted octanol–water partition coefficient (Wildman–Crippen LogP) is 1.62. The number of halogens is 1. The molecule has 1 aliphatic heterocycles. The summed E-state index contributed by atoms with van der Waals surface area (Å²) in [5.74, 6) is -2.35. The van der Waals surface area contributed by atoms with Gasteiger partial charge in [-0.25, -0.2) is 0 Å². The van der Waals surface area contributed by atoms with Gasteiger partial charge < -0.3 is 29.0 Å². The van der Waals surface area contributed by atoms with E-state index in [1.54, 1.807) is 0 Å². The molecule has 2 rings (SSSR count). The number of ether oxygens (including phenoxy) is 5. The lowest BCUT2D eigenvalue weighted by molar-refractivity contribution is -0.280. The number of rotatable bonds is 8. The second-order valence-corrected chi connectivity index (χ2v) is 8.08. The van der Waals surface area contributed by atoms with Crippen molar-refractivity contribution in [3.8, 4) is 0 Å². The summed E-state index contributed by atoms with van der Waals surface area (Å²) in [6, 6.07) is 6.37.